The Kier molecular flexibility index (Phi) is 6.62. The Morgan fingerprint density at radius 2 is 2.00 bits per heavy atom. The first-order valence-corrected chi connectivity index (χ1v) is 10.1. The van der Waals surface area contributed by atoms with E-state index in [1.165, 1.54) is 11.8 Å². The highest BCUT2D eigenvalue weighted by Crippen LogP contribution is 2.39. The third kappa shape index (κ3) is 4.49. The molecule has 1 aliphatic rings. The summed E-state index contributed by atoms with van der Waals surface area (Å²) in [4.78, 5) is 12.3. The molecule has 0 aliphatic carbocycles. The number of thioether (sulfide) groups is 1. The summed E-state index contributed by atoms with van der Waals surface area (Å²) in [6.07, 6.45) is 0.232. The van der Waals surface area contributed by atoms with Gasteiger partial charge in [0.15, 0.2) is 11.5 Å². The predicted molar refractivity (Wildman–Crippen MR) is 110 cm³/mol. The zero-order chi connectivity index (χ0) is 19.9. The number of hydrogen-bond donors (Lipinski definition) is 1. The molecule has 0 spiro atoms. The van der Waals surface area contributed by atoms with Gasteiger partial charge in [-0.25, -0.2) is 0 Å². The summed E-state index contributed by atoms with van der Waals surface area (Å²) in [5.74, 6) is 1.53. The molecule has 0 radical (unpaired) electrons. The van der Waals surface area contributed by atoms with Crippen molar-refractivity contribution in [2.75, 3.05) is 13.7 Å². The molecule has 2 aromatic rings. The average Bonchev–Trinajstić information content (AvgIpc) is 2.73. The van der Waals surface area contributed by atoms with E-state index in [1.807, 2.05) is 55.5 Å². The van der Waals surface area contributed by atoms with Crippen LogP contribution in [-0.2, 0) is 10.5 Å². The maximum atomic E-state index is 12.3. The minimum Gasteiger partial charge on any atom is -0.493 e. The Labute approximate surface area is 169 Å². The van der Waals surface area contributed by atoms with Gasteiger partial charge >= 0.3 is 0 Å². The second-order valence-electron chi connectivity index (χ2n) is 6.28. The Morgan fingerprint density at radius 3 is 2.68 bits per heavy atom. The Balaban J connectivity index is 1.91. The second-order valence-corrected chi connectivity index (χ2v) is 7.26. The van der Waals surface area contributed by atoms with Gasteiger partial charge in [0.2, 0.25) is 5.91 Å². The minimum atomic E-state index is -0.304. The fourth-order valence-corrected chi connectivity index (χ4v) is 4.16. The summed E-state index contributed by atoms with van der Waals surface area (Å²) in [7, 11) is 1.58. The molecular weight excluding hydrogens is 372 g/mol. The van der Waals surface area contributed by atoms with Crippen LogP contribution in [0.3, 0.4) is 0 Å². The second kappa shape index (κ2) is 9.34. The summed E-state index contributed by atoms with van der Waals surface area (Å²) in [5, 5.41) is 13.3. The van der Waals surface area contributed by atoms with Crippen LogP contribution in [0.25, 0.3) is 0 Å². The van der Waals surface area contributed by atoms with Crippen LogP contribution in [0.15, 0.2) is 59.1 Å². The monoisotopic (exact) mass is 394 g/mol. The van der Waals surface area contributed by atoms with E-state index < -0.39 is 0 Å². The first kappa shape index (κ1) is 19.8. The molecule has 5 nitrogen and oxygen atoms in total. The molecule has 0 unspecified atom stereocenters. The molecule has 6 heteroatoms. The quantitative estimate of drug-likeness (QED) is 0.755. The highest BCUT2D eigenvalue weighted by Gasteiger charge is 2.30. The van der Waals surface area contributed by atoms with Crippen LogP contribution in [0.2, 0.25) is 0 Å². The molecule has 0 saturated heterocycles. The lowest BCUT2D eigenvalue weighted by Gasteiger charge is -2.25. The normalized spacial score (nSPS) is 16.3. The van der Waals surface area contributed by atoms with Gasteiger partial charge in [-0.1, -0.05) is 36.4 Å². The van der Waals surface area contributed by atoms with E-state index in [0.29, 0.717) is 34.5 Å². The number of nitrogens with zero attached hydrogens (tertiary/aromatic N) is 1. The molecule has 0 fully saturated rings. The highest BCUT2D eigenvalue weighted by atomic mass is 32.2. The van der Waals surface area contributed by atoms with E-state index in [4.69, 9.17) is 9.47 Å². The summed E-state index contributed by atoms with van der Waals surface area (Å²) in [6.45, 7) is 2.44. The molecule has 3 rings (SSSR count). The SMILES string of the molecule is CCOc1ccc([C@@H]2CC(=O)NC(SCc3ccccc3)=C2C#N)cc1OC. The highest BCUT2D eigenvalue weighted by molar-refractivity contribution is 8.02. The molecule has 1 atom stereocenters. The molecule has 0 aromatic heterocycles. The number of carbonyl (C=O) groups is 1. The number of carbonyl (C=O) groups excluding carboxylic acids is 1. The molecule has 1 heterocycles. The van der Waals surface area contributed by atoms with Crippen molar-refractivity contribution < 1.29 is 14.3 Å². The van der Waals surface area contributed by atoms with Gasteiger partial charge in [-0.05, 0) is 30.2 Å². The zero-order valence-corrected chi connectivity index (χ0v) is 16.7. The topological polar surface area (TPSA) is 71.3 Å². The summed E-state index contributed by atoms with van der Waals surface area (Å²) in [5.41, 5.74) is 2.58. The van der Waals surface area contributed by atoms with Crippen LogP contribution in [0.5, 0.6) is 11.5 Å². The van der Waals surface area contributed by atoms with Gasteiger partial charge in [0.25, 0.3) is 0 Å². The standard InChI is InChI=1S/C22H22N2O3S/c1-3-27-19-10-9-16(11-20(19)26-2)17-12-21(25)24-22(18(17)13-23)28-14-15-7-5-4-6-8-15/h4-11,17H,3,12,14H2,1-2H3,(H,24,25)/t17-/m0/s1. The number of rotatable bonds is 7. The molecule has 2 aromatic carbocycles. The van der Waals surface area contributed by atoms with Crippen molar-refractivity contribution in [2.24, 2.45) is 0 Å². The maximum absolute atomic E-state index is 12.3. The number of amides is 1. The lowest BCUT2D eigenvalue weighted by molar-refractivity contribution is -0.120. The number of methoxy groups -OCH3 is 1. The average molecular weight is 394 g/mol. The van der Waals surface area contributed by atoms with E-state index in [-0.39, 0.29) is 18.2 Å². The molecular formula is C22H22N2O3S. The fourth-order valence-electron chi connectivity index (χ4n) is 3.12. The number of nitriles is 1. The van der Waals surface area contributed by atoms with Gasteiger partial charge in [0, 0.05) is 18.1 Å². The van der Waals surface area contributed by atoms with Crippen molar-refractivity contribution in [2.45, 2.75) is 25.0 Å². The third-order valence-corrected chi connectivity index (χ3v) is 5.56. The third-order valence-electron chi connectivity index (χ3n) is 4.47. The molecule has 144 valence electrons. The van der Waals surface area contributed by atoms with Gasteiger partial charge in [-0.2, -0.15) is 5.26 Å². The number of benzene rings is 2. The van der Waals surface area contributed by atoms with E-state index in [2.05, 4.69) is 11.4 Å². The maximum Gasteiger partial charge on any atom is 0.225 e. The molecule has 1 N–H and O–H groups in total. The van der Waals surface area contributed by atoms with Gasteiger partial charge in [-0.15, -0.1) is 11.8 Å². The lowest BCUT2D eigenvalue weighted by atomic mass is 9.87. The van der Waals surface area contributed by atoms with Crippen molar-refractivity contribution in [1.29, 1.82) is 5.26 Å². The van der Waals surface area contributed by atoms with Gasteiger partial charge < -0.3 is 14.8 Å². The number of nitrogens with one attached hydrogen (secondary N) is 1. The van der Waals surface area contributed by atoms with Crippen molar-refractivity contribution >= 4 is 17.7 Å². The zero-order valence-electron chi connectivity index (χ0n) is 15.9. The van der Waals surface area contributed by atoms with Crippen molar-refractivity contribution in [3.8, 4) is 17.6 Å². The largest absolute Gasteiger partial charge is 0.493 e. The van der Waals surface area contributed by atoms with Crippen LogP contribution in [-0.4, -0.2) is 19.6 Å². The summed E-state index contributed by atoms with van der Waals surface area (Å²) < 4.78 is 11.0. The lowest BCUT2D eigenvalue weighted by Crippen LogP contribution is -2.30. The smallest absolute Gasteiger partial charge is 0.225 e. The number of allylic oxidation sites excluding steroid dienone is 1. The van der Waals surface area contributed by atoms with E-state index in [0.717, 1.165) is 11.1 Å². The van der Waals surface area contributed by atoms with Crippen LogP contribution < -0.4 is 14.8 Å². The van der Waals surface area contributed by atoms with E-state index in [1.54, 1.807) is 7.11 Å². The van der Waals surface area contributed by atoms with Crippen molar-refractivity contribution in [3.63, 3.8) is 0 Å². The van der Waals surface area contributed by atoms with Crippen LogP contribution in [0.1, 0.15) is 30.4 Å². The molecule has 1 amide bonds. The van der Waals surface area contributed by atoms with E-state index in [9.17, 15) is 10.1 Å². The first-order chi connectivity index (χ1) is 13.7. The number of ether oxygens (including phenoxy) is 2. The summed E-state index contributed by atoms with van der Waals surface area (Å²) >= 11 is 1.48. The van der Waals surface area contributed by atoms with Gasteiger partial charge in [0.05, 0.1) is 30.4 Å². The van der Waals surface area contributed by atoms with Crippen LogP contribution in [0, 0.1) is 11.3 Å². The van der Waals surface area contributed by atoms with Crippen molar-refractivity contribution in [3.05, 3.63) is 70.3 Å². The predicted octanol–water partition coefficient (Wildman–Crippen LogP) is 4.37. The van der Waals surface area contributed by atoms with E-state index >= 15 is 0 Å². The number of hydrogen-bond acceptors (Lipinski definition) is 5. The Hall–Kier alpha value is -2.91. The Morgan fingerprint density at radius 1 is 1.21 bits per heavy atom. The van der Waals surface area contributed by atoms with Crippen molar-refractivity contribution in [1.82, 2.24) is 5.32 Å². The first-order valence-electron chi connectivity index (χ1n) is 9.07. The van der Waals surface area contributed by atoms with Gasteiger partial charge in [-0.3, -0.25) is 4.79 Å². The molecule has 0 saturated carbocycles. The fraction of sp³-hybridized carbons (Fsp3) is 0.273. The molecule has 1 aliphatic heterocycles. The molecule has 28 heavy (non-hydrogen) atoms. The van der Waals surface area contributed by atoms with Crippen LogP contribution in [0.4, 0.5) is 0 Å². The molecule has 0 bridgehead atoms. The van der Waals surface area contributed by atoms with Crippen LogP contribution >= 0.6 is 11.8 Å². The van der Waals surface area contributed by atoms with Gasteiger partial charge in [0.1, 0.15) is 0 Å². The summed E-state index contributed by atoms with van der Waals surface area (Å²) in [6, 6.07) is 17.9. The minimum absolute atomic E-state index is 0.0904. The Bertz CT molecular complexity index is 919.